The number of hydrogen-bond acceptors (Lipinski definition) is 5. The fraction of sp³-hybridized carbons (Fsp3) is 0.462. The number of sulfone groups is 1. The lowest BCUT2D eigenvalue weighted by Crippen LogP contribution is -2.42. The second-order valence-electron chi connectivity index (χ2n) is 5.13. The normalized spacial score (nSPS) is 16.7. The Hall–Kier alpha value is -1.96. The molecule has 2 rings (SSSR count). The standard InChI is InChI=1S/C13H16N2O5S/c1-21(19,20)12-6-8-14(9-7-12)13(16)10-2-4-11(5-3-10)15(17)18/h2-5,12H,6-9H2,1H3. The molecule has 0 bridgehead atoms. The smallest absolute Gasteiger partial charge is 0.269 e. The van der Waals surface area contributed by atoms with Gasteiger partial charge in [0.15, 0.2) is 0 Å². The Balaban J connectivity index is 2.03. The van der Waals surface area contributed by atoms with Crippen molar-refractivity contribution in [2.45, 2.75) is 18.1 Å². The maximum Gasteiger partial charge on any atom is 0.269 e. The van der Waals surface area contributed by atoms with Crippen molar-refractivity contribution in [1.82, 2.24) is 4.90 Å². The van der Waals surface area contributed by atoms with Crippen LogP contribution in [0.2, 0.25) is 0 Å². The zero-order valence-corrected chi connectivity index (χ0v) is 12.4. The number of nitrogens with zero attached hydrogens (tertiary/aromatic N) is 2. The van der Waals surface area contributed by atoms with Crippen LogP contribution in [0.5, 0.6) is 0 Å². The van der Waals surface area contributed by atoms with E-state index in [4.69, 9.17) is 0 Å². The quantitative estimate of drug-likeness (QED) is 0.618. The molecule has 7 nitrogen and oxygen atoms in total. The summed E-state index contributed by atoms with van der Waals surface area (Å²) in [5.41, 5.74) is 0.306. The van der Waals surface area contributed by atoms with Gasteiger partial charge < -0.3 is 4.90 Å². The molecule has 0 unspecified atom stereocenters. The number of non-ortho nitro benzene ring substituents is 1. The van der Waals surface area contributed by atoms with Crippen LogP contribution in [0.25, 0.3) is 0 Å². The molecule has 0 aliphatic carbocycles. The number of nitro benzene ring substituents is 1. The number of nitro groups is 1. The molecule has 0 spiro atoms. The van der Waals surface area contributed by atoms with Crippen molar-refractivity contribution in [1.29, 1.82) is 0 Å². The van der Waals surface area contributed by atoms with Crippen molar-refractivity contribution < 1.29 is 18.1 Å². The van der Waals surface area contributed by atoms with Gasteiger partial charge in [-0.05, 0) is 25.0 Å². The van der Waals surface area contributed by atoms with Crippen LogP contribution in [0.15, 0.2) is 24.3 Å². The fourth-order valence-electron chi connectivity index (χ4n) is 2.40. The molecule has 21 heavy (non-hydrogen) atoms. The predicted octanol–water partition coefficient (Wildman–Crippen LogP) is 1.24. The number of rotatable bonds is 3. The summed E-state index contributed by atoms with van der Waals surface area (Å²) in [7, 11) is -3.07. The first-order chi connectivity index (χ1) is 9.79. The first kappa shape index (κ1) is 15.4. The molecule has 1 heterocycles. The van der Waals surface area contributed by atoms with Crippen LogP contribution >= 0.6 is 0 Å². The molecule has 0 atom stereocenters. The van der Waals surface area contributed by atoms with Crippen molar-refractivity contribution in [2.75, 3.05) is 19.3 Å². The van der Waals surface area contributed by atoms with E-state index in [0.717, 1.165) is 0 Å². The van der Waals surface area contributed by atoms with Gasteiger partial charge in [-0.2, -0.15) is 0 Å². The second-order valence-corrected chi connectivity index (χ2v) is 7.45. The van der Waals surface area contributed by atoms with E-state index in [2.05, 4.69) is 0 Å². The number of piperidine rings is 1. The first-order valence-corrected chi connectivity index (χ1v) is 8.47. The molecule has 1 aromatic carbocycles. The predicted molar refractivity (Wildman–Crippen MR) is 76.9 cm³/mol. The van der Waals surface area contributed by atoms with Crippen LogP contribution in [0.1, 0.15) is 23.2 Å². The lowest BCUT2D eigenvalue weighted by molar-refractivity contribution is -0.384. The van der Waals surface area contributed by atoms with E-state index in [1.165, 1.54) is 30.5 Å². The Morgan fingerprint density at radius 2 is 1.76 bits per heavy atom. The molecule has 0 N–H and O–H groups in total. The van der Waals surface area contributed by atoms with E-state index >= 15 is 0 Å². The van der Waals surface area contributed by atoms with E-state index in [1.54, 1.807) is 4.90 Å². The number of amides is 1. The maximum atomic E-state index is 12.2. The number of carbonyl (C=O) groups excluding carboxylic acids is 1. The number of carbonyl (C=O) groups is 1. The summed E-state index contributed by atoms with van der Waals surface area (Å²) in [6.07, 6.45) is 2.07. The monoisotopic (exact) mass is 312 g/mol. The van der Waals surface area contributed by atoms with E-state index in [-0.39, 0.29) is 11.6 Å². The Labute approximate surface area is 122 Å². The van der Waals surface area contributed by atoms with Crippen molar-refractivity contribution in [2.24, 2.45) is 0 Å². The summed E-state index contributed by atoms with van der Waals surface area (Å²) in [4.78, 5) is 23.9. The van der Waals surface area contributed by atoms with Crippen molar-refractivity contribution >= 4 is 21.4 Å². The molecule has 1 fully saturated rings. The van der Waals surface area contributed by atoms with Gasteiger partial charge in [-0.15, -0.1) is 0 Å². The summed E-state index contributed by atoms with van der Waals surface area (Å²) in [6, 6.07) is 5.42. The highest BCUT2D eigenvalue weighted by Crippen LogP contribution is 2.20. The average molecular weight is 312 g/mol. The Morgan fingerprint density at radius 1 is 1.24 bits per heavy atom. The van der Waals surface area contributed by atoms with Gasteiger partial charge >= 0.3 is 0 Å². The van der Waals surface area contributed by atoms with Crippen molar-refractivity contribution in [3.63, 3.8) is 0 Å². The topological polar surface area (TPSA) is 97.6 Å². The van der Waals surface area contributed by atoms with Gasteiger partial charge in [-0.25, -0.2) is 8.42 Å². The summed E-state index contributed by atoms with van der Waals surface area (Å²) in [5.74, 6) is -0.225. The zero-order chi connectivity index (χ0) is 15.6. The van der Waals surface area contributed by atoms with Gasteiger partial charge in [0.05, 0.1) is 10.2 Å². The number of hydrogen-bond donors (Lipinski definition) is 0. The molecule has 0 radical (unpaired) electrons. The molecule has 1 aliphatic rings. The number of benzene rings is 1. The van der Waals surface area contributed by atoms with Crippen molar-refractivity contribution in [3.05, 3.63) is 39.9 Å². The van der Waals surface area contributed by atoms with Crippen LogP contribution in [0.4, 0.5) is 5.69 Å². The molecular formula is C13H16N2O5S. The molecule has 1 aromatic rings. The molecule has 1 aliphatic heterocycles. The number of likely N-dealkylation sites (tertiary alicyclic amines) is 1. The highest BCUT2D eigenvalue weighted by Gasteiger charge is 2.29. The molecular weight excluding hydrogens is 296 g/mol. The van der Waals surface area contributed by atoms with Gasteiger partial charge in [0.2, 0.25) is 0 Å². The van der Waals surface area contributed by atoms with E-state index < -0.39 is 20.0 Å². The van der Waals surface area contributed by atoms with Gasteiger partial charge in [0.1, 0.15) is 9.84 Å². The van der Waals surface area contributed by atoms with Gasteiger partial charge in [-0.1, -0.05) is 0 Å². The minimum atomic E-state index is -3.07. The van der Waals surface area contributed by atoms with E-state index in [0.29, 0.717) is 31.5 Å². The molecule has 0 saturated carbocycles. The Morgan fingerprint density at radius 3 is 2.19 bits per heavy atom. The molecule has 0 aromatic heterocycles. The van der Waals surface area contributed by atoms with E-state index in [1.807, 2.05) is 0 Å². The third kappa shape index (κ3) is 3.57. The molecule has 114 valence electrons. The van der Waals surface area contributed by atoms with Crippen LogP contribution < -0.4 is 0 Å². The SMILES string of the molecule is CS(=O)(=O)C1CCN(C(=O)c2ccc([N+](=O)[O-])cc2)CC1. The molecule has 8 heteroatoms. The maximum absolute atomic E-state index is 12.2. The van der Waals surface area contributed by atoms with E-state index in [9.17, 15) is 23.3 Å². The average Bonchev–Trinajstić information content (AvgIpc) is 2.46. The van der Waals surface area contributed by atoms with Gasteiger partial charge in [0, 0.05) is 37.0 Å². The van der Waals surface area contributed by atoms with Gasteiger partial charge in [0.25, 0.3) is 11.6 Å². The molecule has 1 saturated heterocycles. The minimum Gasteiger partial charge on any atom is -0.339 e. The Kier molecular flexibility index (Phi) is 4.26. The highest BCUT2D eigenvalue weighted by molar-refractivity contribution is 7.91. The first-order valence-electron chi connectivity index (χ1n) is 6.51. The largest absolute Gasteiger partial charge is 0.339 e. The summed E-state index contributed by atoms with van der Waals surface area (Å²) >= 11 is 0. The second kappa shape index (κ2) is 5.80. The fourth-order valence-corrected chi connectivity index (χ4v) is 3.46. The summed E-state index contributed by atoms with van der Waals surface area (Å²) in [5, 5.41) is 10.2. The van der Waals surface area contributed by atoms with Crippen LogP contribution in [0.3, 0.4) is 0 Å². The highest BCUT2D eigenvalue weighted by atomic mass is 32.2. The third-order valence-corrected chi connectivity index (χ3v) is 5.34. The third-order valence-electron chi connectivity index (χ3n) is 3.66. The summed E-state index contributed by atoms with van der Waals surface area (Å²) < 4.78 is 22.9. The van der Waals surface area contributed by atoms with Crippen LogP contribution in [-0.4, -0.2) is 48.7 Å². The zero-order valence-electron chi connectivity index (χ0n) is 11.6. The lowest BCUT2D eigenvalue weighted by Gasteiger charge is -2.31. The molecule has 1 amide bonds. The summed E-state index contributed by atoms with van der Waals surface area (Å²) in [6.45, 7) is 0.765. The minimum absolute atomic E-state index is 0.0673. The van der Waals surface area contributed by atoms with Crippen molar-refractivity contribution in [3.8, 4) is 0 Å². The Bertz CT molecular complexity index is 646. The lowest BCUT2D eigenvalue weighted by atomic mass is 10.1. The van der Waals surface area contributed by atoms with Crippen LogP contribution in [0, 0.1) is 10.1 Å². The van der Waals surface area contributed by atoms with Gasteiger partial charge in [-0.3, -0.25) is 14.9 Å². The van der Waals surface area contributed by atoms with Crippen LogP contribution in [-0.2, 0) is 9.84 Å².